The van der Waals surface area contributed by atoms with Crippen LogP contribution in [0.5, 0.6) is 0 Å². The minimum Gasteiger partial charge on any atom is -0.480 e. The average Bonchev–Trinajstić information content (AvgIpc) is 3.19. The van der Waals surface area contributed by atoms with E-state index in [0.29, 0.717) is 22.6 Å². The van der Waals surface area contributed by atoms with Crippen molar-refractivity contribution in [1.82, 2.24) is 14.1 Å². The van der Waals surface area contributed by atoms with Crippen LogP contribution in [0, 0.1) is 11.3 Å². The van der Waals surface area contributed by atoms with Gasteiger partial charge in [-0.2, -0.15) is 5.26 Å². The molecule has 25 heavy (non-hydrogen) atoms. The van der Waals surface area contributed by atoms with E-state index in [1.54, 1.807) is 23.9 Å². The van der Waals surface area contributed by atoms with Gasteiger partial charge in [-0.15, -0.1) is 0 Å². The number of rotatable bonds is 5. The second kappa shape index (κ2) is 6.63. The Morgan fingerprint density at radius 1 is 1.32 bits per heavy atom. The van der Waals surface area contributed by atoms with Crippen LogP contribution in [0.3, 0.4) is 0 Å². The van der Waals surface area contributed by atoms with Crippen LogP contribution >= 0.6 is 0 Å². The Balaban J connectivity index is 2.26. The highest BCUT2D eigenvalue weighted by Gasteiger charge is 2.25. The summed E-state index contributed by atoms with van der Waals surface area (Å²) in [5, 5.41) is 28.1. The summed E-state index contributed by atoms with van der Waals surface area (Å²) >= 11 is 0. The van der Waals surface area contributed by atoms with Gasteiger partial charge in [0.1, 0.15) is 11.8 Å². The van der Waals surface area contributed by atoms with Crippen LogP contribution in [-0.4, -0.2) is 36.9 Å². The van der Waals surface area contributed by atoms with Crippen molar-refractivity contribution in [3.05, 3.63) is 54.6 Å². The third-order valence-corrected chi connectivity index (χ3v) is 4.03. The summed E-state index contributed by atoms with van der Waals surface area (Å²) < 4.78 is 3.09. The lowest BCUT2D eigenvalue weighted by atomic mass is 10.1. The van der Waals surface area contributed by atoms with Gasteiger partial charge in [-0.1, -0.05) is 30.3 Å². The number of hydrogen-bond donors (Lipinski definition) is 2. The van der Waals surface area contributed by atoms with Crippen LogP contribution in [0.15, 0.2) is 48.9 Å². The second-order valence-electron chi connectivity index (χ2n) is 5.59. The number of nitriles is 1. The van der Waals surface area contributed by atoms with Crippen LogP contribution in [-0.2, 0) is 11.8 Å². The molecule has 0 radical (unpaired) electrons. The van der Waals surface area contributed by atoms with Crippen molar-refractivity contribution in [2.45, 2.75) is 6.04 Å². The number of aliphatic hydroxyl groups is 1. The maximum atomic E-state index is 11.5. The number of carboxylic acid groups (broad SMARTS) is 1. The lowest BCUT2D eigenvalue weighted by molar-refractivity contribution is -0.142. The largest absolute Gasteiger partial charge is 0.480 e. The maximum absolute atomic E-state index is 11.5. The number of carbonyl (C=O) groups is 1. The van der Waals surface area contributed by atoms with E-state index in [2.05, 4.69) is 11.1 Å². The number of imidazole rings is 1. The van der Waals surface area contributed by atoms with E-state index >= 15 is 0 Å². The molecule has 0 aliphatic rings. The van der Waals surface area contributed by atoms with Crippen LogP contribution in [0.2, 0.25) is 0 Å². The highest BCUT2D eigenvalue weighted by atomic mass is 16.4. The molecule has 7 heteroatoms. The number of aliphatic carboxylic acids is 1. The van der Waals surface area contributed by atoms with E-state index < -0.39 is 18.6 Å². The normalized spacial score (nSPS) is 11.9. The first-order valence-corrected chi connectivity index (χ1v) is 7.59. The zero-order chi connectivity index (χ0) is 18.0. The molecule has 1 atom stereocenters. The number of hydrogen-bond acceptors (Lipinski definition) is 4. The van der Waals surface area contributed by atoms with Gasteiger partial charge in [0.05, 0.1) is 24.3 Å². The van der Waals surface area contributed by atoms with E-state index in [1.807, 2.05) is 30.3 Å². The number of aromatic nitrogens is 3. The van der Waals surface area contributed by atoms with Gasteiger partial charge >= 0.3 is 5.97 Å². The molecule has 2 N–H and O–H groups in total. The first-order chi connectivity index (χ1) is 12.1. The van der Waals surface area contributed by atoms with Crippen molar-refractivity contribution in [2.75, 3.05) is 6.61 Å². The Morgan fingerprint density at radius 2 is 2.04 bits per heavy atom. The summed E-state index contributed by atoms with van der Waals surface area (Å²) in [5.74, 6) is -1.16. The quantitative estimate of drug-likeness (QED) is 0.742. The smallest absolute Gasteiger partial charge is 0.329 e. The Labute approximate surface area is 144 Å². The van der Waals surface area contributed by atoms with Crippen LogP contribution < -0.4 is 0 Å². The molecule has 0 fully saturated rings. The van der Waals surface area contributed by atoms with Crippen molar-refractivity contribution in [3.63, 3.8) is 0 Å². The van der Waals surface area contributed by atoms with Gasteiger partial charge in [0.2, 0.25) is 0 Å². The Kier molecular flexibility index (Phi) is 4.37. The standard InChI is InChI=1S/C18H16N4O3/c1-21-9-13(7-14(21)8-19)17-16(12-5-3-2-4-6-12)20-11-22(17)15(10-23)18(24)25/h2-7,9,11,15,23H,10H2,1H3,(H,24,25)/t15-/m1/s1. The third kappa shape index (κ3) is 2.91. The van der Waals surface area contributed by atoms with E-state index in [0.717, 1.165) is 5.56 Å². The van der Waals surface area contributed by atoms with Gasteiger partial charge in [-0.25, -0.2) is 9.78 Å². The number of benzene rings is 1. The number of aliphatic hydroxyl groups excluding tert-OH is 1. The molecule has 0 saturated carbocycles. The first kappa shape index (κ1) is 16.5. The number of aryl methyl sites for hydroxylation is 1. The topological polar surface area (TPSA) is 104 Å². The molecule has 2 aromatic heterocycles. The van der Waals surface area contributed by atoms with Crippen LogP contribution in [0.4, 0.5) is 0 Å². The summed E-state index contributed by atoms with van der Waals surface area (Å²) in [7, 11) is 1.74. The van der Waals surface area contributed by atoms with Crippen molar-refractivity contribution in [2.24, 2.45) is 7.05 Å². The van der Waals surface area contributed by atoms with Gasteiger partial charge < -0.3 is 19.3 Å². The molecule has 0 aliphatic carbocycles. The SMILES string of the molecule is Cn1cc(-c2c(-c3ccccc3)ncn2[C@H](CO)C(=O)O)cc1C#N. The number of nitrogens with zero attached hydrogens (tertiary/aromatic N) is 4. The van der Waals surface area contributed by atoms with Crippen molar-refractivity contribution in [1.29, 1.82) is 5.26 Å². The first-order valence-electron chi connectivity index (χ1n) is 7.59. The minimum absolute atomic E-state index is 0.442. The van der Waals surface area contributed by atoms with E-state index in [-0.39, 0.29) is 0 Å². The molecule has 0 spiro atoms. The highest BCUT2D eigenvalue weighted by Crippen LogP contribution is 2.34. The predicted octanol–water partition coefficient (Wildman–Crippen LogP) is 2.05. The fraction of sp³-hybridized carbons (Fsp3) is 0.167. The van der Waals surface area contributed by atoms with E-state index in [9.17, 15) is 20.3 Å². The zero-order valence-corrected chi connectivity index (χ0v) is 13.5. The summed E-state index contributed by atoms with van der Waals surface area (Å²) in [5.41, 5.74) is 3.06. The van der Waals surface area contributed by atoms with Gasteiger partial charge in [0.25, 0.3) is 0 Å². The molecule has 3 rings (SSSR count). The molecular weight excluding hydrogens is 320 g/mol. The second-order valence-corrected chi connectivity index (χ2v) is 5.59. The van der Waals surface area contributed by atoms with Gasteiger partial charge in [-0.05, 0) is 6.07 Å². The summed E-state index contributed by atoms with van der Waals surface area (Å²) in [6.07, 6.45) is 3.15. The van der Waals surface area contributed by atoms with Crippen LogP contribution in [0.1, 0.15) is 11.7 Å². The van der Waals surface area contributed by atoms with Crippen molar-refractivity contribution in [3.8, 4) is 28.6 Å². The van der Waals surface area contributed by atoms with Gasteiger partial charge in [0.15, 0.2) is 6.04 Å². The summed E-state index contributed by atoms with van der Waals surface area (Å²) in [6, 6.07) is 12.0. The Bertz CT molecular complexity index is 951. The molecule has 0 aliphatic heterocycles. The molecule has 3 aromatic rings. The Morgan fingerprint density at radius 3 is 2.60 bits per heavy atom. The molecule has 0 unspecified atom stereocenters. The van der Waals surface area contributed by atoms with Crippen LogP contribution in [0.25, 0.3) is 22.5 Å². The van der Waals surface area contributed by atoms with Gasteiger partial charge in [-0.3, -0.25) is 0 Å². The fourth-order valence-corrected chi connectivity index (χ4v) is 2.78. The Hall–Kier alpha value is -3.37. The van der Waals surface area contributed by atoms with E-state index in [4.69, 9.17) is 0 Å². The number of carboxylic acids is 1. The molecule has 7 nitrogen and oxygen atoms in total. The molecule has 0 saturated heterocycles. The fourth-order valence-electron chi connectivity index (χ4n) is 2.78. The molecule has 2 heterocycles. The molecule has 126 valence electrons. The third-order valence-electron chi connectivity index (χ3n) is 4.03. The monoisotopic (exact) mass is 336 g/mol. The summed E-state index contributed by atoms with van der Waals surface area (Å²) in [4.78, 5) is 15.9. The molecular formula is C18H16N4O3. The van der Waals surface area contributed by atoms with Crippen molar-refractivity contribution < 1.29 is 15.0 Å². The lowest BCUT2D eigenvalue weighted by Crippen LogP contribution is -2.22. The molecule has 1 aromatic carbocycles. The highest BCUT2D eigenvalue weighted by molar-refractivity contribution is 5.81. The van der Waals surface area contributed by atoms with Gasteiger partial charge in [0, 0.05) is 24.4 Å². The molecule has 0 bridgehead atoms. The molecule has 0 amide bonds. The predicted molar refractivity (Wildman–Crippen MR) is 90.5 cm³/mol. The zero-order valence-electron chi connectivity index (χ0n) is 13.5. The maximum Gasteiger partial charge on any atom is 0.329 e. The van der Waals surface area contributed by atoms with E-state index in [1.165, 1.54) is 10.9 Å². The minimum atomic E-state index is -1.16. The van der Waals surface area contributed by atoms with Crippen molar-refractivity contribution >= 4 is 5.97 Å². The average molecular weight is 336 g/mol. The summed E-state index contributed by atoms with van der Waals surface area (Å²) in [6.45, 7) is -0.565. The lowest BCUT2D eigenvalue weighted by Gasteiger charge is -2.15.